The third-order valence-electron chi connectivity index (χ3n) is 11.5. The van der Waals surface area contributed by atoms with Crippen molar-refractivity contribution in [3.63, 3.8) is 0 Å². The summed E-state index contributed by atoms with van der Waals surface area (Å²) >= 11 is 0. The van der Waals surface area contributed by atoms with E-state index in [9.17, 15) is 24.6 Å². The molecule has 0 radical (unpaired) electrons. The van der Waals surface area contributed by atoms with Gasteiger partial charge in [-0.15, -0.1) is 0 Å². The SMILES string of the molecule is O=C(c1ccc(OCCCCCNCC(O)c2ccc(O)c3[nH]c(=O)ccc23)c(F)c1)N1CCC(C(=O)OC2CN3CCC2CC3)(c2ccccc2)CC1. The van der Waals surface area contributed by atoms with Gasteiger partial charge >= 0.3 is 5.97 Å². The number of aromatic nitrogens is 1. The second-order valence-electron chi connectivity index (χ2n) is 14.9. The van der Waals surface area contributed by atoms with Crippen molar-refractivity contribution in [2.75, 3.05) is 52.4 Å². The lowest BCUT2D eigenvalue weighted by atomic mass is 9.72. The van der Waals surface area contributed by atoms with E-state index in [0.29, 0.717) is 74.4 Å². The van der Waals surface area contributed by atoms with Crippen LogP contribution in [0.2, 0.25) is 0 Å². The fourth-order valence-electron chi connectivity index (χ4n) is 8.30. The van der Waals surface area contributed by atoms with E-state index in [0.717, 1.165) is 50.9 Å². The maximum atomic E-state index is 15.1. The second kappa shape index (κ2) is 16.7. The maximum absolute atomic E-state index is 15.1. The van der Waals surface area contributed by atoms with Crippen molar-refractivity contribution in [1.82, 2.24) is 20.1 Å². The monoisotopic (exact) mass is 740 g/mol. The van der Waals surface area contributed by atoms with Crippen molar-refractivity contribution < 1.29 is 33.7 Å². The largest absolute Gasteiger partial charge is 0.506 e. The molecule has 2 bridgehead atoms. The number of aromatic amines is 1. The lowest BCUT2D eigenvalue weighted by molar-refractivity contribution is -0.167. The quantitative estimate of drug-likeness (QED) is 0.103. The van der Waals surface area contributed by atoms with Crippen molar-refractivity contribution in [3.8, 4) is 11.5 Å². The molecule has 11 nitrogen and oxygen atoms in total. The first-order chi connectivity index (χ1) is 26.2. The molecule has 0 saturated carbocycles. The summed E-state index contributed by atoms with van der Waals surface area (Å²) in [6.07, 6.45) is 4.37. The number of halogens is 1. The van der Waals surface area contributed by atoms with Crippen LogP contribution in [0.3, 0.4) is 0 Å². The van der Waals surface area contributed by atoms with Crippen LogP contribution < -0.4 is 15.6 Å². The molecule has 8 rings (SSSR count). The number of pyridine rings is 1. The number of phenols is 1. The average molecular weight is 741 g/mol. The number of unbranched alkanes of at least 4 members (excludes halogenated alkanes) is 2. The first-order valence-electron chi connectivity index (χ1n) is 19.2. The molecule has 1 aromatic heterocycles. The van der Waals surface area contributed by atoms with Crippen molar-refractivity contribution in [2.24, 2.45) is 5.92 Å². The Bertz CT molecular complexity index is 1990. The number of rotatable bonds is 14. The van der Waals surface area contributed by atoms with Gasteiger partial charge in [0.15, 0.2) is 11.6 Å². The van der Waals surface area contributed by atoms with Gasteiger partial charge in [0.25, 0.3) is 5.91 Å². The molecule has 4 fully saturated rings. The highest BCUT2D eigenvalue weighted by Gasteiger charge is 2.47. The molecule has 3 aromatic carbocycles. The molecule has 0 spiro atoms. The van der Waals surface area contributed by atoms with Crippen LogP contribution in [0, 0.1) is 11.7 Å². The zero-order valence-electron chi connectivity index (χ0n) is 30.5. The molecule has 4 N–H and O–H groups in total. The van der Waals surface area contributed by atoms with Gasteiger partial charge < -0.3 is 34.9 Å². The van der Waals surface area contributed by atoms with Crippen LogP contribution in [0.15, 0.2) is 77.6 Å². The fourth-order valence-corrected chi connectivity index (χ4v) is 8.30. The summed E-state index contributed by atoms with van der Waals surface area (Å²) in [7, 11) is 0. The summed E-state index contributed by atoms with van der Waals surface area (Å²) in [4.78, 5) is 45.8. The molecule has 286 valence electrons. The lowest BCUT2D eigenvalue weighted by Crippen LogP contribution is -2.55. The summed E-state index contributed by atoms with van der Waals surface area (Å²) in [5, 5.41) is 24.6. The number of fused-ring (bicyclic) bond motifs is 4. The number of piperidine rings is 4. The minimum Gasteiger partial charge on any atom is -0.506 e. The highest BCUT2D eigenvalue weighted by molar-refractivity contribution is 5.95. The molecule has 54 heavy (non-hydrogen) atoms. The molecule has 12 heteroatoms. The summed E-state index contributed by atoms with van der Waals surface area (Å²) in [6, 6.07) is 20.1. The highest BCUT2D eigenvalue weighted by Crippen LogP contribution is 2.40. The van der Waals surface area contributed by atoms with Crippen LogP contribution in [-0.4, -0.2) is 95.4 Å². The van der Waals surface area contributed by atoms with Gasteiger partial charge in [-0.05, 0) is 112 Å². The summed E-state index contributed by atoms with van der Waals surface area (Å²) in [5.74, 6) is -0.643. The Morgan fingerprint density at radius 3 is 2.46 bits per heavy atom. The number of nitrogens with one attached hydrogen (secondary N) is 2. The van der Waals surface area contributed by atoms with E-state index in [-0.39, 0.29) is 40.6 Å². The number of benzene rings is 3. The average Bonchev–Trinajstić information content (AvgIpc) is 3.20. The van der Waals surface area contributed by atoms with E-state index in [1.165, 1.54) is 24.3 Å². The number of aliphatic hydroxyl groups excluding tert-OH is 1. The lowest BCUT2D eigenvalue weighted by Gasteiger charge is -2.46. The Labute approximate surface area is 314 Å². The number of ether oxygens (including phenoxy) is 2. The van der Waals surface area contributed by atoms with Gasteiger partial charge in [-0.1, -0.05) is 36.4 Å². The first kappa shape index (κ1) is 37.5. The Kier molecular flexibility index (Phi) is 11.6. The molecule has 4 aliphatic rings. The van der Waals surface area contributed by atoms with Crippen LogP contribution in [-0.2, 0) is 14.9 Å². The van der Waals surface area contributed by atoms with Gasteiger partial charge in [0, 0.05) is 43.2 Å². The molecule has 1 amide bonds. The van der Waals surface area contributed by atoms with Crippen LogP contribution in [0.25, 0.3) is 10.9 Å². The highest BCUT2D eigenvalue weighted by atomic mass is 19.1. The predicted molar refractivity (Wildman–Crippen MR) is 202 cm³/mol. The Hall–Kier alpha value is -4.78. The third kappa shape index (κ3) is 8.15. The van der Waals surface area contributed by atoms with Crippen LogP contribution in [0.5, 0.6) is 11.5 Å². The van der Waals surface area contributed by atoms with E-state index in [1.807, 2.05) is 30.3 Å². The van der Waals surface area contributed by atoms with Crippen LogP contribution in [0.1, 0.15) is 72.5 Å². The van der Waals surface area contributed by atoms with Gasteiger partial charge in [0.1, 0.15) is 11.9 Å². The molecule has 2 atom stereocenters. The minimum atomic E-state index is -0.836. The van der Waals surface area contributed by atoms with E-state index in [2.05, 4.69) is 15.2 Å². The molecular weight excluding hydrogens is 691 g/mol. The summed E-state index contributed by atoms with van der Waals surface area (Å²) in [5.41, 5.74) is 0.878. The zero-order valence-corrected chi connectivity index (χ0v) is 30.5. The van der Waals surface area contributed by atoms with Crippen LogP contribution >= 0.6 is 0 Å². The number of amides is 1. The van der Waals surface area contributed by atoms with Crippen molar-refractivity contribution in [2.45, 2.75) is 62.6 Å². The zero-order chi connectivity index (χ0) is 37.7. The Morgan fingerprint density at radius 1 is 0.963 bits per heavy atom. The van der Waals surface area contributed by atoms with E-state index in [4.69, 9.17) is 9.47 Å². The normalized spacial score (nSPS) is 21.1. The van der Waals surface area contributed by atoms with Crippen molar-refractivity contribution >= 4 is 22.8 Å². The molecule has 5 heterocycles. The standard InChI is InChI=1S/C42H49FN4O7/c43-33-25-29(9-13-36(33)53-24-6-2-5-19-44-26-35(49)31-10-12-34(48)39-32(31)11-14-38(50)45-39)40(51)47-22-17-42(18-23-47,30-7-3-1-4-8-30)41(52)54-37-27-46-20-15-28(37)16-21-46/h1,3-4,7-14,25,28,35,37,44,48-49H,2,5-6,15-24,26-27H2,(H,45,50). The number of likely N-dealkylation sites (tertiary alicyclic amines) is 1. The molecule has 4 saturated heterocycles. The number of H-pyrrole nitrogens is 1. The first-order valence-corrected chi connectivity index (χ1v) is 19.2. The summed E-state index contributed by atoms with van der Waals surface area (Å²) in [6.45, 7) is 4.88. The number of esters is 1. The second-order valence-corrected chi connectivity index (χ2v) is 14.9. The Morgan fingerprint density at radius 2 is 1.74 bits per heavy atom. The van der Waals surface area contributed by atoms with Gasteiger partial charge in [0.05, 0.1) is 23.6 Å². The van der Waals surface area contributed by atoms with Crippen LogP contribution in [0.4, 0.5) is 4.39 Å². The smallest absolute Gasteiger partial charge is 0.317 e. The van der Waals surface area contributed by atoms with E-state index < -0.39 is 17.3 Å². The topological polar surface area (TPSA) is 144 Å². The molecule has 2 unspecified atom stereocenters. The van der Waals surface area contributed by atoms with Gasteiger partial charge in [-0.2, -0.15) is 0 Å². The van der Waals surface area contributed by atoms with E-state index in [1.54, 1.807) is 23.1 Å². The Balaban J connectivity index is 0.852. The number of aliphatic hydroxyl groups is 1. The van der Waals surface area contributed by atoms with Crippen molar-refractivity contribution in [1.29, 1.82) is 0 Å². The molecule has 4 aromatic rings. The number of aromatic hydroxyl groups is 1. The molecular formula is C42H49FN4O7. The molecule has 4 aliphatic heterocycles. The number of carbonyl (C=O) groups is 2. The number of nitrogens with zero attached hydrogens (tertiary/aromatic N) is 2. The predicted octanol–water partition coefficient (Wildman–Crippen LogP) is 5.06. The van der Waals surface area contributed by atoms with Gasteiger partial charge in [-0.25, -0.2) is 4.39 Å². The number of phenolic OH excluding ortho intramolecular Hbond substituents is 1. The maximum Gasteiger partial charge on any atom is 0.317 e. The van der Waals surface area contributed by atoms with Gasteiger partial charge in [-0.3, -0.25) is 19.3 Å². The third-order valence-corrected chi connectivity index (χ3v) is 11.5. The van der Waals surface area contributed by atoms with E-state index >= 15 is 4.39 Å². The molecule has 0 aliphatic carbocycles. The summed E-state index contributed by atoms with van der Waals surface area (Å²) < 4.78 is 27.1. The van der Waals surface area contributed by atoms with Gasteiger partial charge in [0.2, 0.25) is 5.56 Å². The number of hydrogen-bond donors (Lipinski definition) is 4. The van der Waals surface area contributed by atoms with Crippen molar-refractivity contribution in [3.05, 3.63) is 106 Å². The minimum absolute atomic E-state index is 0.0541. The number of hydrogen-bond acceptors (Lipinski definition) is 9. The number of carbonyl (C=O) groups excluding carboxylic acids is 2. The fraction of sp³-hybridized carbons (Fsp3) is 0.452.